The van der Waals surface area contributed by atoms with Crippen molar-refractivity contribution >= 4 is 17.8 Å². The number of rotatable bonds is 9. The van der Waals surface area contributed by atoms with Gasteiger partial charge in [-0.2, -0.15) is 11.8 Å². The molecule has 0 unspecified atom stereocenters. The lowest BCUT2D eigenvalue weighted by molar-refractivity contribution is -0.0603. The third kappa shape index (κ3) is 6.59. The van der Waals surface area contributed by atoms with Crippen LogP contribution in [0.4, 0.5) is 4.79 Å². The van der Waals surface area contributed by atoms with Gasteiger partial charge in [0.1, 0.15) is 12.4 Å². The maximum Gasteiger partial charge on any atom is 0.315 e. The van der Waals surface area contributed by atoms with Gasteiger partial charge < -0.3 is 25.2 Å². The van der Waals surface area contributed by atoms with Gasteiger partial charge in [0, 0.05) is 6.54 Å². The number of carbonyl (C=O) groups excluding carboxylic acids is 1. The molecule has 0 radical (unpaired) electrons. The fourth-order valence-corrected chi connectivity index (χ4v) is 3.77. The fraction of sp³-hybridized carbons (Fsp3) is 0.588. The van der Waals surface area contributed by atoms with Gasteiger partial charge in [0.2, 0.25) is 0 Å². The van der Waals surface area contributed by atoms with Crippen LogP contribution in [0.1, 0.15) is 12.8 Å². The van der Waals surface area contributed by atoms with Crippen molar-refractivity contribution in [1.29, 1.82) is 0 Å². The minimum absolute atomic E-state index is 0.00207. The van der Waals surface area contributed by atoms with Crippen molar-refractivity contribution in [3.8, 4) is 5.75 Å². The number of nitrogens with one attached hydrogen (secondary N) is 2. The largest absolute Gasteiger partial charge is 0.492 e. The van der Waals surface area contributed by atoms with Crippen LogP contribution < -0.4 is 15.4 Å². The lowest BCUT2D eigenvalue weighted by Gasteiger charge is -2.37. The molecule has 24 heavy (non-hydrogen) atoms. The summed E-state index contributed by atoms with van der Waals surface area (Å²) in [6, 6.07) is 9.27. The Bertz CT molecular complexity index is 481. The van der Waals surface area contributed by atoms with Gasteiger partial charge in [-0.3, -0.25) is 0 Å². The molecule has 2 rings (SSSR count). The molecule has 1 fully saturated rings. The average molecular weight is 354 g/mol. The third-order valence-electron chi connectivity index (χ3n) is 3.87. The first-order valence-corrected chi connectivity index (χ1v) is 9.42. The highest BCUT2D eigenvalue weighted by atomic mass is 32.2. The van der Waals surface area contributed by atoms with Crippen LogP contribution >= 0.6 is 11.8 Å². The van der Waals surface area contributed by atoms with Crippen LogP contribution in [-0.2, 0) is 4.74 Å². The van der Waals surface area contributed by atoms with Gasteiger partial charge in [-0.1, -0.05) is 18.2 Å². The molecule has 1 aliphatic heterocycles. The van der Waals surface area contributed by atoms with E-state index in [1.807, 2.05) is 42.1 Å². The highest BCUT2D eigenvalue weighted by Gasteiger charge is 2.33. The number of urea groups is 1. The van der Waals surface area contributed by atoms with Crippen molar-refractivity contribution < 1.29 is 19.4 Å². The third-order valence-corrected chi connectivity index (χ3v) is 4.86. The molecule has 0 atom stereocenters. The quantitative estimate of drug-likeness (QED) is 0.588. The highest BCUT2D eigenvalue weighted by molar-refractivity contribution is 7.99. The molecule has 0 spiro atoms. The lowest BCUT2D eigenvalue weighted by atomic mass is 9.96. The van der Waals surface area contributed by atoms with E-state index in [9.17, 15) is 4.79 Å². The normalized spacial score (nSPS) is 16.4. The van der Waals surface area contributed by atoms with Crippen molar-refractivity contribution in [2.24, 2.45) is 0 Å². The number of amides is 2. The topological polar surface area (TPSA) is 79.8 Å². The lowest BCUT2D eigenvalue weighted by Crippen LogP contribution is -2.50. The molecule has 7 heteroatoms. The molecule has 2 amide bonds. The van der Waals surface area contributed by atoms with E-state index < -0.39 is 0 Å². The first kappa shape index (κ1) is 18.9. The van der Waals surface area contributed by atoms with Crippen LogP contribution in [0.5, 0.6) is 5.75 Å². The van der Waals surface area contributed by atoms with Crippen LogP contribution in [0.15, 0.2) is 30.3 Å². The molecule has 1 heterocycles. The van der Waals surface area contributed by atoms with Crippen LogP contribution in [-0.4, -0.2) is 61.2 Å². The van der Waals surface area contributed by atoms with E-state index in [-0.39, 0.29) is 18.2 Å². The summed E-state index contributed by atoms with van der Waals surface area (Å²) >= 11 is 1.89. The van der Waals surface area contributed by atoms with E-state index in [0.717, 1.165) is 30.1 Å². The summed E-state index contributed by atoms with van der Waals surface area (Å²) in [4.78, 5) is 11.9. The summed E-state index contributed by atoms with van der Waals surface area (Å²) in [7, 11) is 0. The second-order valence-corrected chi connectivity index (χ2v) is 6.86. The maximum atomic E-state index is 11.9. The first-order valence-electron chi connectivity index (χ1n) is 8.26. The molecule has 0 aromatic heterocycles. The highest BCUT2D eigenvalue weighted by Crippen LogP contribution is 2.29. The van der Waals surface area contributed by atoms with Gasteiger partial charge in [0.05, 0.1) is 25.4 Å². The molecule has 0 saturated carbocycles. The first-order chi connectivity index (χ1) is 11.7. The number of carbonyl (C=O) groups is 1. The zero-order valence-corrected chi connectivity index (χ0v) is 14.6. The van der Waals surface area contributed by atoms with Crippen molar-refractivity contribution in [2.75, 3.05) is 44.4 Å². The number of para-hydroxylation sites is 1. The predicted octanol–water partition coefficient (Wildman–Crippen LogP) is 1.64. The number of hydrogen-bond acceptors (Lipinski definition) is 5. The minimum atomic E-state index is -0.355. The molecule has 1 aromatic carbocycles. The Balaban J connectivity index is 1.65. The van der Waals surface area contributed by atoms with E-state index in [4.69, 9.17) is 14.6 Å². The average Bonchev–Trinajstić information content (AvgIpc) is 2.64. The van der Waals surface area contributed by atoms with Crippen molar-refractivity contribution in [3.63, 3.8) is 0 Å². The van der Waals surface area contributed by atoms with Gasteiger partial charge in [-0.15, -0.1) is 0 Å². The minimum Gasteiger partial charge on any atom is -0.492 e. The number of hydrogen-bond donors (Lipinski definition) is 3. The SMILES string of the molecule is O=C(NCCOc1ccccc1)NCC1(OCCO)CCSCC1. The molecular weight excluding hydrogens is 328 g/mol. The molecule has 6 nitrogen and oxygen atoms in total. The second-order valence-electron chi connectivity index (χ2n) is 5.64. The molecule has 3 N–H and O–H groups in total. The Morgan fingerprint density at radius 1 is 1.17 bits per heavy atom. The van der Waals surface area contributed by atoms with E-state index in [1.165, 1.54) is 0 Å². The van der Waals surface area contributed by atoms with Gasteiger partial charge in [0.25, 0.3) is 0 Å². The Kier molecular flexibility index (Phi) is 8.21. The van der Waals surface area contributed by atoms with E-state index >= 15 is 0 Å². The van der Waals surface area contributed by atoms with Gasteiger partial charge in [-0.25, -0.2) is 4.79 Å². The summed E-state index contributed by atoms with van der Waals surface area (Å²) in [5.41, 5.74) is -0.355. The van der Waals surface area contributed by atoms with Gasteiger partial charge in [-0.05, 0) is 36.5 Å². The van der Waals surface area contributed by atoms with E-state index in [0.29, 0.717) is 26.3 Å². The van der Waals surface area contributed by atoms with Crippen molar-refractivity contribution in [2.45, 2.75) is 18.4 Å². The summed E-state index contributed by atoms with van der Waals surface area (Å²) in [6.07, 6.45) is 1.77. The maximum absolute atomic E-state index is 11.9. The van der Waals surface area contributed by atoms with Crippen LogP contribution in [0.3, 0.4) is 0 Å². The Morgan fingerprint density at radius 3 is 2.62 bits per heavy atom. The van der Waals surface area contributed by atoms with Gasteiger partial charge in [0.15, 0.2) is 0 Å². The summed E-state index contributed by atoms with van der Waals surface area (Å²) in [6.45, 7) is 1.61. The summed E-state index contributed by atoms with van der Waals surface area (Å²) < 4.78 is 11.3. The Hall–Kier alpha value is -1.44. The number of thioether (sulfide) groups is 1. The van der Waals surface area contributed by atoms with Crippen molar-refractivity contribution in [3.05, 3.63) is 30.3 Å². The zero-order chi connectivity index (χ0) is 17.1. The molecule has 134 valence electrons. The molecule has 1 aliphatic rings. The van der Waals surface area contributed by atoms with Crippen LogP contribution in [0, 0.1) is 0 Å². The number of aliphatic hydroxyl groups excluding tert-OH is 1. The standard InChI is InChI=1S/C17H26N2O4S/c20-9-11-23-17(6-12-24-13-7-17)14-19-16(21)18-8-10-22-15-4-2-1-3-5-15/h1-5,20H,6-14H2,(H2,18,19,21). The monoisotopic (exact) mass is 354 g/mol. The Labute approximate surface area is 147 Å². The number of benzene rings is 1. The summed E-state index contributed by atoms with van der Waals surface area (Å²) in [5, 5.41) is 14.6. The van der Waals surface area contributed by atoms with Crippen LogP contribution in [0.2, 0.25) is 0 Å². The molecule has 1 aromatic rings. The molecule has 0 bridgehead atoms. The second kappa shape index (κ2) is 10.4. The number of aliphatic hydroxyl groups is 1. The zero-order valence-electron chi connectivity index (χ0n) is 13.8. The smallest absolute Gasteiger partial charge is 0.315 e. The number of ether oxygens (including phenoxy) is 2. The Morgan fingerprint density at radius 2 is 1.92 bits per heavy atom. The fourth-order valence-electron chi connectivity index (χ4n) is 2.53. The van der Waals surface area contributed by atoms with Gasteiger partial charge >= 0.3 is 6.03 Å². The molecule has 0 aliphatic carbocycles. The van der Waals surface area contributed by atoms with E-state index in [1.54, 1.807) is 0 Å². The molecule has 1 saturated heterocycles. The van der Waals surface area contributed by atoms with Crippen molar-refractivity contribution in [1.82, 2.24) is 10.6 Å². The van der Waals surface area contributed by atoms with E-state index in [2.05, 4.69) is 10.6 Å². The predicted molar refractivity (Wildman–Crippen MR) is 95.7 cm³/mol. The summed E-state index contributed by atoms with van der Waals surface area (Å²) in [5.74, 6) is 2.81. The molecular formula is C17H26N2O4S. The van der Waals surface area contributed by atoms with Crippen LogP contribution in [0.25, 0.3) is 0 Å².